The summed E-state index contributed by atoms with van der Waals surface area (Å²) in [6, 6.07) is 12.8. The van der Waals surface area contributed by atoms with Crippen molar-refractivity contribution in [2.75, 3.05) is 7.11 Å². The first kappa shape index (κ1) is 14.1. The van der Waals surface area contributed by atoms with E-state index < -0.39 is 0 Å². The summed E-state index contributed by atoms with van der Waals surface area (Å²) in [4.78, 5) is 12.2. The molecule has 0 bridgehead atoms. The van der Waals surface area contributed by atoms with E-state index in [1.54, 1.807) is 18.2 Å². The second-order valence-electron chi connectivity index (χ2n) is 4.08. The third-order valence-corrected chi connectivity index (χ3v) is 3.53. The van der Waals surface area contributed by atoms with Crippen LogP contribution in [0.1, 0.15) is 15.9 Å². The van der Waals surface area contributed by atoms with Crippen LogP contribution in [-0.4, -0.2) is 12.9 Å². The van der Waals surface area contributed by atoms with Crippen LogP contribution in [0.4, 0.5) is 0 Å². The highest BCUT2D eigenvalue weighted by atomic mass is 79.9. The number of Topliss-reactive ketones (excluding diaryl/α,β-unsaturated/α-hetero) is 1. The van der Waals surface area contributed by atoms with Gasteiger partial charge in [0, 0.05) is 16.5 Å². The number of carbonyl (C=O) groups is 1. The minimum atomic E-state index is 0.0352. The molecule has 0 aromatic heterocycles. The number of ketones is 1. The Bertz CT molecular complexity index is 611. The van der Waals surface area contributed by atoms with Gasteiger partial charge in [0.1, 0.15) is 5.75 Å². The molecule has 19 heavy (non-hydrogen) atoms. The normalized spacial score (nSPS) is 10.3. The van der Waals surface area contributed by atoms with Gasteiger partial charge in [0.2, 0.25) is 0 Å². The predicted octanol–water partition coefficient (Wildman–Crippen LogP) is 4.54. The topological polar surface area (TPSA) is 26.3 Å². The van der Waals surface area contributed by atoms with E-state index >= 15 is 0 Å². The first-order valence-corrected chi connectivity index (χ1v) is 6.88. The average molecular weight is 340 g/mol. The van der Waals surface area contributed by atoms with Gasteiger partial charge in [-0.1, -0.05) is 39.7 Å². The minimum Gasteiger partial charge on any atom is -0.495 e. The van der Waals surface area contributed by atoms with Crippen molar-refractivity contribution in [2.45, 2.75) is 6.42 Å². The van der Waals surface area contributed by atoms with Gasteiger partial charge in [0.05, 0.1) is 12.1 Å². The highest BCUT2D eigenvalue weighted by Crippen LogP contribution is 2.25. The molecule has 0 aliphatic carbocycles. The molecule has 0 spiro atoms. The lowest BCUT2D eigenvalue weighted by Crippen LogP contribution is -2.04. The summed E-state index contributed by atoms with van der Waals surface area (Å²) in [6.45, 7) is 0. The van der Waals surface area contributed by atoms with Crippen molar-refractivity contribution < 1.29 is 9.53 Å². The van der Waals surface area contributed by atoms with Gasteiger partial charge < -0.3 is 4.74 Å². The second-order valence-corrected chi connectivity index (χ2v) is 5.40. The molecule has 0 fully saturated rings. The quantitative estimate of drug-likeness (QED) is 0.765. The highest BCUT2D eigenvalue weighted by Gasteiger charge is 2.10. The van der Waals surface area contributed by atoms with Crippen molar-refractivity contribution in [1.82, 2.24) is 0 Å². The van der Waals surface area contributed by atoms with Crippen molar-refractivity contribution >= 4 is 33.3 Å². The van der Waals surface area contributed by atoms with Gasteiger partial charge in [-0.05, 0) is 35.9 Å². The molecule has 4 heteroatoms. The zero-order chi connectivity index (χ0) is 13.8. The Balaban J connectivity index is 2.20. The minimum absolute atomic E-state index is 0.0352. The van der Waals surface area contributed by atoms with Gasteiger partial charge in [-0.2, -0.15) is 0 Å². The molecular formula is C15H12BrClO2. The Morgan fingerprint density at radius 3 is 2.74 bits per heavy atom. The van der Waals surface area contributed by atoms with Crippen LogP contribution in [0.5, 0.6) is 5.75 Å². The van der Waals surface area contributed by atoms with E-state index in [9.17, 15) is 4.79 Å². The third-order valence-electron chi connectivity index (χ3n) is 2.73. The van der Waals surface area contributed by atoms with Crippen molar-refractivity contribution in [1.29, 1.82) is 0 Å². The molecule has 0 saturated heterocycles. The fraction of sp³-hybridized carbons (Fsp3) is 0.133. The molecule has 0 amide bonds. The Morgan fingerprint density at radius 1 is 1.26 bits per heavy atom. The molecule has 0 radical (unpaired) electrons. The van der Waals surface area contributed by atoms with Crippen LogP contribution in [0.15, 0.2) is 46.9 Å². The SMILES string of the molecule is COc1cc(C(=O)Cc2cccc(Br)c2)ccc1Cl. The van der Waals surface area contributed by atoms with Gasteiger partial charge in [0.25, 0.3) is 0 Å². The molecular weight excluding hydrogens is 328 g/mol. The van der Waals surface area contributed by atoms with Crippen LogP contribution in [0.3, 0.4) is 0 Å². The fourth-order valence-corrected chi connectivity index (χ4v) is 2.41. The van der Waals surface area contributed by atoms with Crippen molar-refractivity contribution in [3.63, 3.8) is 0 Å². The monoisotopic (exact) mass is 338 g/mol. The lowest BCUT2D eigenvalue weighted by molar-refractivity contribution is 0.0992. The first-order chi connectivity index (χ1) is 9.10. The number of rotatable bonds is 4. The van der Waals surface area contributed by atoms with Crippen LogP contribution in [0, 0.1) is 0 Å². The number of carbonyl (C=O) groups excluding carboxylic acids is 1. The Kier molecular flexibility index (Phi) is 4.61. The number of ether oxygens (including phenoxy) is 1. The highest BCUT2D eigenvalue weighted by molar-refractivity contribution is 9.10. The summed E-state index contributed by atoms with van der Waals surface area (Å²) in [5.74, 6) is 0.551. The molecule has 2 aromatic rings. The van der Waals surface area contributed by atoms with E-state index in [-0.39, 0.29) is 5.78 Å². The van der Waals surface area contributed by atoms with Crippen molar-refractivity contribution in [3.8, 4) is 5.75 Å². The zero-order valence-corrected chi connectivity index (χ0v) is 12.7. The van der Waals surface area contributed by atoms with Crippen LogP contribution in [0.2, 0.25) is 5.02 Å². The molecule has 0 aliphatic rings. The summed E-state index contributed by atoms with van der Waals surface area (Å²) >= 11 is 9.33. The van der Waals surface area contributed by atoms with E-state index in [0.29, 0.717) is 22.8 Å². The van der Waals surface area contributed by atoms with Gasteiger partial charge in [-0.3, -0.25) is 4.79 Å². The molecule has 0 heterocycles. The Morgan fingerprint density at radius 2 is 2.05 bits per heavy atom. The molecule has 2 nitrogen and oxygen atoms in total. The summed E-state index contributed by atoms with van der Waals surface area (Å²) in [5, 5.41) is 0.501. The van der Waals surface area contributed by atoms with E-state index in [4.69, 9.17) is 16.3 Å². The average Bonchev–Trinajstić information content (AvgIpc) is 2.39. The van der Waals surface area contributed by atoms with Gasteiger partial charge in [-0.15, -0.1) is 0 Å². The summed E-state index contributed by atoms with van der Waals surface area (Å²) in [6.07, 6.45) is 0.351. The zero-order valence-electron chi connectivity index (χ0n) is 10.3. The number of halogens is 2. The van der Waals surface area contributed by atoms with Gasteiger partial charge in [0.15, 0.2) is 5.78 Å². The largest absolute Gasteiger partial charge is 0.495 e. The number of methoxy groups -OCH3 is 1. The molecule has 0 N–H and O–H groups in total. The van der Waals surface area contributed by atoms with Crippen LogP contribution in [-0.2, 0) is 6.42 Å². The molecule has 2 aromatic carbocycles. The lowest BCUT2D eigenvalue weighted by atomic mass is 10.0. The lowest BCUT2D eigenvalue weighted by Gasteiger charge is -2.06. The molecule has 98 valence electrons. The molecule has 2 rings (SSSR count). The fourth-order valence-electron chi connectivity index (χ4n) is 1.77. The second kappa shape index (κ2) is 6.22. The summed E-state index contributed by atoms with van der Waals surface area (Å²) in [5.41, 5.74) is 1.56. The number of hydrogen-bond donors (Lipinski definition) is 0. The van der Waals surface area contributed by atoms with Crippen LogP contribution < -0.4 is 4.74 Å². The van der Waals surface area contributed by atoms with E-state index in [1.165, 1.54) is 7.11 Å². The molecule has 0 unspecified atom stereocenters. The van der Waals surface area contributed by atoms with E-state index in [0.717, 1.165) is 10.0 Å². The standard InChI is InChI=1S/C15H12BrClO2/c1-19-15-9-11(5-6-13(15)17)14(18)8-10-3-2-4-12(16)7-10/h2-7,9H,8H2,1H3. The smallest absolute Gasteiger partial charge is 0.167 e. The molecule has 0 atom stereocenters. The van der Waals surface area contributed by atoms with Gasteiger partial charge >= 0.3 is 0 Å². The molecule has 0 aliphatic heterocycles. The summed E-state index contributed by atoms with van der Waals surface area (Å²) < 4.78 is 6.08. The molecule has 0 saturated carbocycles. The van der Waals surface area contributed by atoms with E-state index in [2.05, 4.69) is 15.9 Å². The number of benzene rings is 2. The van der Waals surface area contributed by atoms with Gasteiger partial charge in [-0.25, -0.2) is 0 Å². The predicted molar refractivity (Wildman–Crippen MR) is 80.2 cm³/mol. The number of hydrogen-bond acceptors (Lipinski definition) is 2. The van der Waals surface area contributed by atoms with Crippen LogP contribution >= 0.6 is 27.5 Å². The Labute approximate surface area is 125 Å². The third kappa shape index (κ3) is 3.58. The Hall–Kier alpha value is -1.32. The maximum atomic E-state index is 12.2. The van der Waals surface area contributed by atoms with Crippen molar-refractivity contribution in [2.24, 2.45) is 0 Å². The maximum Gasteiger partial charge on any atom is 0.167 e. The maximum absolute atomic E-state index is 12.2. The van der Waals surface area contributed by atoms with Crippen molar-refractivity contribution in [3.05, 3.63) is 63.1 Å². The van der Waals surface area contributed by atoms with E-state index in [1.807, 2.05) is 24.3 Å². The first-order valence-electron chi connectivity index (χ1n) is 5.71. The van der Waals surface area contributed by atoms with Crippen LogP contribution in [0.25, 0.3) is 0 Å². The summed E-state index contributed by atoms with van der Waals surface area (Å²) in [7, 11) is 1.53.